The zero-order valence-corrected chi connectivity index (χ0v) is 29.4. The van der Waals surface area contributed by atoms with Crippen LogP contribution >= 0.6 is 11.8 Å². The van der Waals surface area contributed by atoms with Crippen molar-refractivity contribution in [1.29, 1.82) is 0 Å². The summed E-state index contributed by atoms with van der Waals surface area (Å²) in [5.74, 6) is -3.87. The maximum absolute atomic E-state index is 13.3. The summed E-state index contributed by atoms with van der Waals surface area (Å²) in [5, 5.41) is 23.6. The van der Waals surface area contributed by atoms with Crippen molar-refractivity contribution < 1.29 is 33.9 Å². The van der Waals surface area contributed by atoms with E-state index in [0.29, 0.717) is 18.6 Å². The first kappa shape index (κ1) is 40.1. The highest BCUT2D eigenvalue weighted by molar-refractivity contribution is 7.98. The highest BCUT2D eigenvalue weighted by atomic mass is 32.2. The lowest BCUT2D eigenvalue weighted by molar-refractivity contribution is -0.142. The van der Waals surface area contributed by atoms with Crippen LogP contribution in [0.2, 0.25) is 0 Å². The quantitative estimate of drug-likeness (QED) is 0.0993. The summed E-state index contributed by atoms with van der Waals surface area (Å²) in [6.45, 7) is 8.33. The number of carbonyl (C=O) groups is 6. The van der Waals surface area contributed by atoms with Crippen LogP contribution in [-0.4, -0.2) is 94.4 Å². The van der Waals surface area contributed by atoms with Gasteiger partial charge in [0, 0.05) is 23.5 Å². The van der Waals surface area contributed by atoms with Gasteiger partial charge in [-0.15, -0.1) is 0 Å². The summed E-state index contributed by atoms with van der Waals surface area (Å²) < 4.78 is 0. The van der Waals surface area contributed by atoms with Crippen molar-refractivity contribution in [1.82, 2.24) is 31.6 Å². The van der Waals surface area contributed by atoms with Crippen LogP contribution < -0.4 is 32.3 Å². The third kappa shape index (κ3) is 12.5. The van der Waals surface area contributed by atoms with Gasteiger partial charge in [0.25, 0.3) is 0 Å². The zero-order chi connectivity index (χ0) is 36.0. The SMILES string of the molecule is CC[C@H](C)[C@H](NC(=O)[C@H](C)NC(=O)[C@@H](N)CCSC)C(=O)NCC(=O)N[C@@H](CC(C)C)C(=O)N[C@@H](Cc1c[nH]c2ccccc12)C(=O)O. The third-order valence-corrected chi connectivity index (χ3v) is 8.65. The number of amides is 5. The lowest BCUT2D eigenvalue weighted by Gasteiger charge is -2.26. The number of benzene rings is 1. The molecule has 0 bridgehead atoms. The van der Waals surface area contributed by atoms with Gasteiger partial charge < -0.3 is 42.4 Å². The Hall–Kier alpha value is -4.11. The standard InChI is InChI=1S/C33H51N7O7S/c1-7-19(4)28(40-29(42)20(5)37-30(43)23(34)12-13-48-6)32(45)36-17-27(41)38-25(14-18(2)3)31(44)39-26(33(46)47)15-21-16-35-24-11-9-8-10-22(21)24/h8-11,16,18-20,23,25-26,28,35H,7,12-15,17,34H2,1-6H3,(H,36,45)(H,37,43)(H,38,41)(H,39,44)(H,40,42)(H,46,47)/t19-,20-,23-,25-,26-,28-/m0/s1. The van der Waals surface area contributed by atoms with Gasteiger partial charge in [0.05, 0.1) is 12.6 Å². The molecule has 9 N–H and O–H groups in total. The Morgan fingerprint density at radius 3 is 2.21 bits per heavy atom. The number of carboxylic acids is 1. The third-order valence-electron chi connectivity index (χ3n) is 8.01. The number of nitrogens with two attached hydrogens (primary N) is 1. The lowest BCUT2D eigenvalue weighted by Crippen LogP contribution is -2.57. The first-order chi connectivity index (χ1) is 22.7. The Morgan fingerprint density at radius 2 is 1.58 bits per heavy atom. The minimum Gasteiger partial charge on any atom is -0.480 e. The molecule has 1 heterocycles. The predicted molar refractivity (Wildman–Crippen MR) is 186 cm³/mol. The second-order valence-electron chi connectivity index (χ2n) is 12.4. The van der Waals surface area contributed by atoms with Crippen LogP contribution in [-0.2, 0) is 35.2 Å². The van der Waals surface area contributed by atoms with Crippen LogP contribution in [0, 0.1) is 11.8 Å². The van der Waals surface area contributed by atoms with E-state index in [2.05, 4.69) is 31.6 Å². The molecule has 0 aliphatic heterocycles. The number of rotatable bonds is 20. The first-order valence-electron chi connectivity index (χ1n) is 16.2. The summed E-state index contributed by atoms with van der Waals surface area (Å²) in [5.41, 5.74) is 7.45. The number of fused-ring (bicyclic) bond motifs is 1. The summed E-state index contributed by atoms with van der Waals surface area (Å²) in [7, 11) is 0. The molecule has 48 heavy (non-hydrogen) atoms. The molecule has 2 aromatic rings. The van der Waals surface area contributed by atoms with Crippen LogP contribution in [0.25, 0.3) is 10.9 Å². The number of carbonyl (C=O) groups excluding carboxylic acids is 5. The van der Waals surface area contributed by atoms with Crippen molar-refractivity contribution in [2.24, 2.45) is 17.6 Å². The van der Waals surface area contributed by atoms with Crippen molar-refractivity contribution in [3.05, 3.63) is 36.0 Å². The first-order valence-corrected chi connectivity index (χ1v) is 17.6. The van der Waals surface area contributed by atoms with E-state index < -0.39 is 72.3 Å². The predicted octanol–water partition coefficient (Wildman–Crippen LogP) is 1.04. The average Bonchev–Trinajstić information content (AvgIpc) is 3.45. The molecule has 0 spiro atoms. The molecule has 14 nitrogen and oxygen atoms in total. The second-order valence-corrected chi connectivity index (χ2v) is 13.4. The van der Waals surface area contributed by atoms with Gasteiger partial charge in [0.2, 0.25) is 29.5 Å². The second kappa shape index (κ2) is 19.6. The average molecular weight is 690 g/mol. The summed E-state index contributed by atoms with van der Waals surface area (Å²) >= 11 is 1.55. The number of aliphatic carboxylic acids is 1. The van der Waals surface area contributed by atoms with Gasteiger partial charge in [-0.1, -0.05) is 52.3 Å². The fourth-order valence-electron chi connectivity index (χ4n) is 4.96. The molecule has 15 heteroatoms. The van der Waals surface area contributed by atoms with E-state index in [1.54, 1.807) is 24.9 Å². The van der Waals surface area contributed by atoms with Crippen LogP contribution in [0.4, 0.5) is 0 Å². The van der Waals surface area contributed by atoms with Crippen LogP contribution in [0.3, 0.4) is 0 Å². The fraction of sp³-hybridized carbons (Fsp3) is 0.576. The van der Waals surface area contributed by atoms with Crippen LogP contribution in [0.15, 0.2) is 30.5 Å². The monoisotopic (exact) mass is 689 g/mol. The van der Waals surface area contributed by atoms with E-state index in [1.807, 2.05) is 51.3 Å². The summed E-state index contributed by atoms with van der Waals surface area (Å²) in [6.07, 6.45) is 4.84. The molecule has 0 saturated carbocycles. The molecular formula is C33H51N7O7S. The molecule has 0 unspecified atom stereocenters. The van der Waals surface area contributed by atoms with Gasteiger partial charge in [-0.25, -0.2) is 4.79 Å². The number of para-hydroxylation sites is 1. The van der Waals surface area contributed by atoms with Crippen molar-refractivity contribution in [3.8, 4) is 0 Å². The molecule has 0 fully saturated rings. The smallest absolute Gasteiger partial charge is 0.326 e. The summed E-state index contributed by atoms with van der Waals surface area (Å²) in [6, 6.07) is 2.38. The maximum atomic E-state index is 13.3. The van der Waals surface area contributed by atoms with Crippen LogP contribution in [0.5, 0.6) is 0 Å². The minimum absolute atomic E-state index is 0.0271. The van der Waals surface area contributed by atoms with Crippen molar-refractivity contribution in [3.63, 3.8) is 0 Å². The minimum atomic E-state index is -1.25. The van der Waals surface area contributed by atoms with Crippen LogP contribution in [0.1, 0.15) is 59.4 Å². The molecule has 1 aromatic heterocycles. The highest BCUT2D eigenvalue weighted by Gasteiger charge is 2.31. The maximum Gasteiger partial charge on any atom is 0.326 e. The Labute approximate surface area is 285 Å². The number of carboxylic acid groups (broad SMARTS) is 1. The molecular weight excluding hydrogens is 638 g/mol. The normalized spacial score (nSPS) is 15.0. The largest absolute Gasteiger partial charge is 0.480 e. The van der Waals surface area contributed by atoms with E-state index in [9.17, 15) is 33.9 Å². The number of aromatic amines is 1. The fourth-order valence-corrected chi connectivity index (χ4v) is 5.45. The number of aromatic nitrogens is 1. The highest BCUT2D eigenvalue weighted by Crippen LogP contribution is 2.19. The molecule has 1 aromatic carbocycles. The van der Waals surface area contributed by atoms with Crippen molar-refractivity contribution >= 4 is 58.2 Å². The Bertz CT molecular complexity index is 1420. The molecule has 0 aliphatic carbocycles. The molecule has 0 aliphatic rings. The summed E-state index contributed by atoms with van der Waals surface area (Å²) in [4.78, 5) is 79.8. The van der Waals surface area contributed by atoms with Gasteiger partial charge in [-0.05, 0) is 55.2 Å². The number of H-pyrrole nitrogens is 1. The van der Waals surface area contributed by atoms with Gasteiger partial charge in [-0.3, -0.25) is 24.0 Å². The van der Waals surface area contributed by atoms with Crippen molar-refractivity contribution in [2.75, 3.05) is 18.6 Å². The van der Waals surface area contributed by atoms with Gasteiger partial charge in [0.15, 0.2) is 0 Å². The number of hydrogen-bond donors (Lipinski definition) is 8. The van der Waals surface area contributed by atoms with E-state index in [1.165, 1.54) is 6.92 Å². The number of hydrogen-bond acceptors (Lipinski definition) is 8. The molecule has 2 rings (SSSR count). The Kier molecular flexibility index (Phi) is 16.4. The number of thioether (sulfide) groups is 1. The van der Waals surface area contributed by atoms with E-state index in [-0.39, 0.29) is 24.7 Å². The molecule has 0 radical (unpaired) electrons. The van der Waals surface area contributed by atoms with Gasteiger partial charge >= 0.3 is 5.97 Å². The van der Waals surface area contributed by atoms with E-state index in [0.717, 1.165) is 16.5 Å². The molecule has 6 atom stereocenters. The Morgan fingerprint density at radius 1 is 0.896 bits per heavy atom. The molecule has 266 valence electrons. The lowest BCUT2D eigenvalue weighted by atomic mass is 9.98. The molecule has 0 saturated heterocycles. The topological polar surface area (TPSA) is 225 Å². The molecule has 5 amide bonds. The number of nitrogens with one attached hydrogen (secondary N) is 6. The van der Waals surface area contributed by atoms with Gasteiger partial charge in [-0.2, -0.15) is 11.8 Å². The van der Waals surface area contributed by atoms with E-state index in [4.69, 9.17) is 5.73 Å². The van der Waals surface area contributed by atoms with E-state index >= 15 is 0 Å². The zero-order valence-electron chi connectivity index (χ0n) is 28.6. The van der Waals surface area contributed by atoms with Gasteiger partial charge in [0.1, 0.15) is 24.2 Å². The van der Waals surface area contributed by atoms with Crippen molar-refractivity contribution in [2.45, 2.75) is 90.5 Å². The Balaban J connectivity index is 2.02.